The van der Waals surface area contributed by atoms with Crippen molar-refractivity contribution in [1.29, 1.82) is 0 Å². The van der Waals surface area contributed by atoms with Crippen LogP contribution in [0.15, 0.2) is 11.6 Å². The SMILES string of the molecule is CC[Si](CC)(CC)O[C@H]1C=C(C(=O)N2CCC[C@H]2CN2CCCC2)[C@@H](O[Si](CC)(CC)CC)C12OCCO2. The molecule has 9 heteroatoms. The Kier molecular flexibility index (Phi) is 10.4. The summed E-state index contributed by atoms with van der Waals surface area (Å²) in [5.41, 5.74) is 0.726. The molecule has 1 spiro atoms. The van der Waals surface area contributed by atoms with Crippen molar-refractivity contribution in [3.63, 3.8) is 0 Å². The van der Waals surface area contributed by atoms with Gasteiger partial charge in [0.15, 0.2) is 16.6 Å². The lowest BCUT2D eigenvalue weighted by molar-refractivity contribution is -0.233. The van der Waals surface area contributed by atoms with E-state index in [9.17, 15) is 4.79 Å². The standard InChI is InChI=1S/C29H54N2O5Si2/c1-7-37(8-2,9-3)35-26-22-25(28(32)31-19-15-16-24(31)23-30-17-13-14-18-30)27(29(26)33-20-21-34-29)36-38(10-4,11-5)12-6/h22,24,26-27H,7-21,23H2,1-6H3/t24-,26-,27+/m0/s1. The van der Waals surface area contributed by atoms with E-state index in [1.807, 2.05) is 0 Å². The minimum absolute atomic E-state index is 0.115. The number of amides is 1. The van der Waals surface area contributed by atoms with Gasteiger partial charge in [0.1, 0.15) is 12.2 Å². The number of hydrogen-bond acceptors (Lipinski definition) is 6. The van der Waals surface area contributed by atoms with Gasteiger partial charge in [0.05, 0.1) is 13.2 Å². The molecule has 38 heavy (non-hydrogen) atoms. The maximum atomic E-state index is 14.5. The van der Waals surface area contributed by atoms with Crippen LogP contribution in [0.4, 0.5) is 0 Å². The van der Waals surface area contributed by atoms with Gasteiger partial charge in [-0.15, -0.1) is 0 Å². The maximum Gasteiger partial charge on any atom is 0.252 e. The van der Waals surface area contributed by atoms with Crippen LogP contribution >= 0.6 is 0 Å². The highest BCUT2D eigenvalue weighted by Gasteiger charge is 2.62. The van der Waals surface area contributed by atoms with Crippen molar-refractivity contribution in [1.82, 2.24) is 9.80 Å². The molecule has 7 nitrogen and oxygen atoms in total. The largest absolute Gasteiger partial charge is 0.405 e. The van der Waals surface area contributed by atoms with Gasteiger partial charge in [0.2, 0.25) is 5.79 Å². The number of hydrogen-bond donors (Lipinski definition) is 0. The zero-order chi connectivity index (χ0) is 27.4. The van der Waals surface area contributed by atoms with Gasteiger partial charge in [-0.05, 0) is 81.1 Å². The zero-order valence-electron chi connectivity index (χ0n) is 25.1. The number of carbonyl (C=O) groups is 1. The lowest BCUT2D eigenvalue weighted by Crippen LogP contribution is -2.58. The molecule has 0 unspecified atom stereocenters. The number of nitrogens with zero attached hydrogens (tertiary/aromatic N) is 2. The Morgan fingerprint density at radius 2 is 1.42 bits per heavy atom. The van der Waals surface area contributed by atoms with Crippen LogP contribution in [0.2, 0.25) is 36.3 Å². The van der Waals surface area contributed by atoms with Gasteiger partial charge in [0.25, 0.3) is 5.91 Å². The quantitative estimate of drug-likeness (QED) is 0.273. The van der Waals surface area contributed by atoms with Crippen LogP contribution in [0, 0.1) is 0 Å². The molecule has 3 atom stereocenters. The average Bonchev–Trinajstić information content (AvgIpc) is 3.77. The molecule has 3 fully saturated rings. The van der Waals surface area contributed by atoms with E-state index in [-0.39, 0.29) is 11.9 Å². The molecule has 1 aliphatic carbocycles. The monoisotopic (exact) mass is 566 g/mol. The molecule has 0 saturated carbocycles. The van der Waals surface area contributed by atoms with Gasteiger partial charge in [-0.2, -0.15) is 0 Å². The smallest absolute Gasteiger partial charge is 0.252 e. The summed E-state index contributed by atoms with van der Waals surface area (Å²) >= 11 is 0. The van der Waals surface area contributed by atoms with Crippen molar-refractivity contribution in [2.24, 2.45) is 0 Å². The molecule has 218 valence electrons. The van der Waals surface area contributed by atoms with Crippen LogP contribution in [0.25, 0.3) is 0 Å². The van der Waals surface area contributed by atoms with E-state index in [4.69, 9.17) is 18.3 Å². The third-order valence-corrected chi connectivity index (χ3v) is 19.5. The summed E-state index contributed by atoms with van der Waals surface area (Å²) in [5, 5.41) is 0. The molecule has 0 radical (unpaired) electrons. The van der Waals surface area contributed by atoms with Gasteiger partial charge in [-0.1, -0.05) is 41.5 Å². The highest BCUT2D eigenvalue weighted by molar-refractivity contribution is 6.74. The van der Waals surface area contributed by atoms with Gasteiger partial charge in [0, 0.05) is 24.7 Å². The lowest BCUT2D eigenvalue weighted by atomic mass is 10.1. The Labute approximate surface area is 233 Å². The summed E-state index contributed by atoms with van der Waals surface area (Å²) in [4.78, 5) is 19.2. The van der Waals surface area contributed by atoms with Crippen LogP contribution in [0.5, 0.6) is 0 Å². The first-order chi connectivity index (χ1) is 18.3. The molecule has 0 aromatic carbocycles. The van der Waals surface area contributed by atoms with Gasteiger partial charge >= 0.3 is 0 Å². The van der Waals surface area contributed by atoms with Gasteiger partial charge in [-0.25, -0.2) is 0 Å². The highest BCUT2D eigenvalue weighted by atomic mass is 28.4. The Morgan fingerprint density at radius 1 is 0.868 bits per heavy atom. The third kappa shape index (κ3) is 5.76. The van der Waals surface area contributed by atoms with Crippen molar-refractivity contribution in [3.8, 4) is 0 Å². The number of carbonyl (C=O) groups excluding carboxylic acids is 1. The van der Waals surface area contributed by atoms with Crippen LogP contribution in [-0.2, 0) is 23.1 Å². The Bertz CT molecular complexity index is 803. The van der Waals surface area contributed by atoms with E-state index in [0.29, 0.717) is 13.2 Å². The second kappa shape index (κ2) is 13.0. The fourth-order valence-electron chi connectivity index (χ4n) is 7.18. The Morgan fingerprint density at radius 3 is 1.97 bits per heavy atom. The minimum Gasteiger partial charge on any atom is -0.405 e. The normalized spacial score (nSPS) is 28.1. The molecule has 1 amide bonds. The lowest BCUT2D eigenvalue weighted by Gasteiger charge is -2.43. The first-order valence-electron chi connectivity index (χ1n) is 15.7. The zero-order valence-corrected chi connectivity index (χ0v) is 27.1. The molecule has 4 aliphatic rings. The molecular weight excluding hydrogens is 513 g/mol. The van der Waals surface area contributed by atoms with Crippen LogP contribution in [0.1, 0.15) is 67.2 Å². The summed E-state index contributed by atoms with van der Waals surface area (Å²) in [6.45, 7) is 18.6. The van der Waals surface area contributed by atoms with Crippen molar-refractivity contribution >= 4 is 22.5 Å². The van der Waals surface area contributed by atoms with Crippen molar-refractivity contribution < 1.29 is 23.1 Å². The molecule has 3 heterocycles. The fraction of sp³-hybridized carbons (Fsp3) is 0.897. The predicted octanol–water partition coefficient (Wildman–Crippen LogP) is 5.54. The Hall–Kier alpha value is -0.556. The van der Waals surface area contributed by atoms with Crippen molar-refractivity contribution in [2.45, 2.75) is 128 Å². The second-order valence-corrected chi connectivity index (χ2v) is 21.3. The fourth-order valence-corrected chi connectivity index (χ4v) is 12.7. The van der Waals surface area contributed by atoms with E-state index in [0.717, 1.165) is 80.9 Å². The average molecular weight is 567 g/mol. The third-order valence-electron chi connectivity index (χ3n) is 10.3. The number of ether oxygens (including phenoxy) is 2. The molecule has 3 saturated heterocycles. The molecule has 4 rings (SSSR count). The van der Waals surface area contributed by atoms with E-state index < -0.39 is 34.6 Å². The van der Waals surface area contributed by atoms with E-state index in [2.05, 4.69) is 57.4 Å². The Balaban J connectivity index is 1.70. The topological polar surface area (TPSA) is 60.5 Å². The van der Waals surface area contributed by atoms with Crippen LogP contribution in [0.3, 0.4) is 0 Å². The summed E-state index contributed by atoms with van der Waals surface area (Å²) < 4.78 is 27.3. The summed E-state index contributed by atoms with van der Waals surface area (Å²) in [6, 6.07) is 6.42. The molecule has 0 bridgehead atoms. The molecule has 0 aromatic heterocycles. The van der Waals surface area contributed by atoms with E-state index in [1.54, 1.807) is 0 Å². The van der Waals surface area contributed by atoms with Crippen molar-refractivity contribution in [3.05, 3.63) is 11.6 Å². The summed E-state index contributed by atoms with van der Waals surface area (Å²) in [7, 11) is -4.09. The van der Waals surface area contributed by atoms with E-state index >= 15 is 0 Å². The molecule has 0 N–H and O–H groups in total. The van der Waals surface area contributed by atoms with Gasteiger partial charge < -0.3 is 28.1 Å². The second-order valence-electron chi connectivity index (χ2n) is 11.9. The van der Waals surface area contributed by atoms with E-state index in [1.165, 1.54) is 12.8 Å². The number of rotatable bonds is 13. The first-order valence-corrected chi connectivity index (χ1v) is 20.8. The summed E-state index contributed by atoms with van der Waals surface area (Å²) in [6.07, 6.45) is 5.83. The van der Waals surface area contributed by atoms with Crippen LogP contribution < -0.4 is 0 Å². The molecule has 0 aromatic rings. The predicted molar refractivity (Wildman–Crippen MR) is 157 cm³/mol. The minimum atomic E-state index is -2.09. The van der Waals surface area contributed by atoms with Crippen LogP contribution in [-0.4, -0.2) is 95.8 Å². The molecular formula is C29H54N2O5Si2. The van der Waals surface area contributed by atoms with Crippen molar-refractivity contribution in [2.75, 3.05) is 39.4 Å². The number of likely N-dealkylation sites (tertiary alicyclic amines) is 2. The maximum absolute atomic E-state index is 14.5. The molecule has 3 aliphatic heterocycles. The van der Waals surface area contributed by atoms with Gasteiger partial charge in [-0.3, -0.25) is 4.79 Å². The first kappa shape index (κ1) is 30.4. The summed E-state index contributed by atoms with van der Waals surface area (Å²) in [5.74, 6) is -0.936. The highest BCUT2D eigenvalue weighted by Crippen LogP contribution is 2.46.